The molecule has 0 aliphatic rings. The molecule has 1 aromatic heterocycles. The summed E-state index contributed by atoms with van der Waals surface area (Å²) in [7, 11) is 0. The van der Waals surface area contributed by atoms with Crippen molar-refractivity contribution < 1.29 is 4.79 Å². The predicted octanol–water partition coefficient (Wildman–Crippen LogP) is 2.54. The van der Waals surface area contributed by atoms with Gasteiger partial charge in [-0.25, -0.2) is 4.98 Å². The number of hydrogen-bond donors (Lipinski definition) is 2. The summed E-state index contributed by atoms with van der Waals surface area (Å²) in [5.41, 5.74) is 1.95. The van der Waals surface area contributed by atoms with E-state index < -0.39 is 0 Å². The second-order valence-electron chi connectivity index (χ2n) is 4.18. The highest BCUT2D eigenvalue weighted by Crippen LogP contribution is 2.19. The van der Waals surface area contributed by atoms with Crippen molar-refractivity contribution >= 4 is 16.9 Å². The molecule has 1 amide bonds. The average molecular weight is 231 g/mol. The first-order valence-corrected chi connectivity index (χ1v) is 5.92. The molecule has 0 radical (unpaired) electrons. The summed E-state index contributed by atoms with van der Waals surface area (Å²) in [4.78, 5) is 18.9. The molecule has 4 heteroatoms. The number of fused-ring (bicyclic) bond motifs is 1. The third-order valence-electron chi connectivity index (χ3n) is 2.69. The number of aromatic nitrogens is 2. The van der Waals surface area contributed by atoms with Gasteiger partial charge < -0.3 is 10.3 Å². The number of carbonyl (C=O) groups excluding carboxylic acids is 1. The molecule has 0 saturated carbocycles. The quantitative estimate of drug-likeness (QED) is 0.849. The summed E-state index contributed by atoms with van der Waals surface area (Å²) in [5, 5.41) is 2.93. The zero-order chi connectivity index (χ0) is 12.3. The Morgan fingerprint density at radius 1 is 1.47 bits per heavy atom. The molecule has 0 aliphatic heterocycles. The smallest absolute Gasteiger partial charge is 0.217 e. The Hall–Kier alpha value is -1.84. The van der Waals surface area contributed by atoms with Gasteiger partial charge in [0, 0.05) is 6.92 Å². The van der Waals surface area contributed by atoms with Crippen LogP contribution in [0, 0.1) is 0 Å². The van der Waals surface area contributed by atoms with Crippen LogP contribution in [-0.4, -0.2) is 15.9 Å². The highest BCUT2D eigenvalue weighted by Gasteiger charge is 2.15. The van der Waals surface area contributed by atoms with E-state index >= 15 is 0 Å². The SMILES string of the molecule is CCC[C@H](NC(C)=O)c1nc2ccccc2[nH]1. The lowest BCUT2D eigenvalue weighted by atomic mass is 10.1. The third kappa shape index (κ3) is 2.64. The Kier molecular flexibility index (Phi) is 3.42. The van der Waals surface area contributed by atoms with Gasteiger partial charge in [-0.15, -0.1) is 0 Å². The molecule has 0 bridgehead atoms. The first kappa shape index (κ1) is 11.6. The zero-order valence-corrected chi connectivity index (χ0v) is 10.2. The molecule has 1 heterocycles. The molecule has 1 atom stereocenters. The highest BCUT2D eigenvalue weighted by atomic mass is 16.1. The standard InChI is InChI=1S/C13H17N3O/c1-3-6-12(14-9(2)17)13-15-10-7-4-5-8-11(10)16-13/h4-5,7-8,12H,3,6H2,1-2H3,(H,14,17)(H,15,16)/t12-/m0/s1. The van der Waals surface area contributed by atoms with Gasteiger partial charge in [-0.1, -0.05) is 25.5 Å². The number of rotatable bonds is 4. The van der Waals surface area contributed by atoms with Crippen LogP contribution in [0.25, 0.3) is 11.0 Å². The fourth-order valence-corrected chi connectivity index (χ4v) is 1.95. The van der Waals surface area contributed by atoms with E-state index in [1.807, 2.05) is 24.3 Å². The maximum Gasteiger partial charge on any atom is 0.217 e. The lowest BCUT2D eigenvalue weighted by Gasteiger charge is -2.14. The first-order chi connectivity index (χ1) is 8.20. The van der Waals surface area contributed by atoms with Gasteiger partial charge in [0.25, 0.3) is 0 Å². The number of nitrogens with zero attached hydrogens (tertiary/aromatic N) is 1. The minimum absolute atomic E-state index is 0.0232. The normalized spacial score (nSPS) is 12.6. The molecule has 0 fully saturated rings. The van der Waals surface area contributed by atoms with Gasteiger partial charge in [-0.2, -0.15) is 0 Å². The number of amides is 1. The number of nitrogens with one attached hydrogen (secondary N) is 2. The Balaban J connectivity index is 2.31. The molecule has 2 rings (SSSR count). The molecule has 0 saturated heterocycles. The molecule has 0 aliphatic carbocycles. The van der Waals surface area contributed by atoms with Gasteiger partial charge in [0.2, 0.25) is 5.91 Å². The number of benzene rings is 1. The highest BCUT2D eigenvalue weighted by molar-refractivity contribution is 5.76. The third-order valence-corrected chi connectivity index (χ3v) is 2.69. The largest absolute Gasteiger partial charge is 0.346 e. The van der Waals surface area contributed by atoms with Crippen LogP contribution in [0.5, 0.6) is 0 Å². The molecule has 0 spiro atoms. The van der Waals surface area contributed by atoms with Gasteiger partial charge in [-0.05, 0) is 18.6 Å². The fourth-order valence-electron chi connectivity index (χ4n) is 1.95. The second kappa shape index (κ2) is 4.99. The van der Waals surface area contributed by atoms with E-state index in [4.69, 9.17) is 0 Å². The summed E-state index contributed by atoms with van der Waals surface area (Å²) in [6.07, 6.45) is 1.89. The minimum Gasteiger partial charge on any atom is -0.346 e. The van der Waals surface area contributed by atoms with E-state index in [0.717, 1.165) is 29.7 Å². The van der Waals surface area contributed by atoms with E-state index in [0.29, 0.717) is 0 Å². The van der Waals surface area contributed by atoms with Crippen molar-refractivity contribution in [2.45, 2.75) is 32.7 Å². The van der Waals surface area contributed by atoms with Crippen molar-refractivity contribution in [2.75, 3.05) is 0 Å². The van der Waals surface area contributed by atoms with E-state index in [9.17, 15) is 4.79 Å². The fraction of sp³-hybridized carbons (Fsp3) is 0.385. The van der Waals surface area contributed by atoms with Crippen molar-refractivity contribution in [3.05, 3.63) is 30.1 Å². The molecule has 4 nitrogen and oxygen atoms in total. The van der Waals surface area contributed by atoms with Gasteiger partial charge in [0.15, 0.2) is 0 Å². The van der Waals surface area contributed by atoms with E-state index in [1.54, 1.807) is 0 Å². The number of H-pyrrole nitrogens is 1. The Bertz CT molecular complexity index is 485. The topological polar surface area (TPSA) is 57.8 Å². The number of para-hydroxylation sites is 2. The molecular weight excluding hydrogens is 214 g/mol. The summed E-state index contributed by atoms with van der Waals surface area (Å²) in [5.74, 6) is 0.812. The molecule has 17 heavy (non-hydrogen) atoms. The molecular formula is C13H17N3O. The predicted molar refractivity (Wildman–Crippen MR) is 67.6 cm³/mol. The second-order valence-corrected chi connectivity index (χ2v) is 4.18. The number of hydrogen-bond acceptors (Lipinski definition) is 2. The van der Waals surface area contributed by atoms with E-state index in [-0.39, 0.29) is 11.9 Å². The lowest BCUT2D eigenvalue weighted by Crippen LogP contribution is -2.26. The van der Waals surface area contributed by atoms with Gasteiger partial charge >= 0.3 is 0 Å². The van der Waals surface area contributed by atoms with Gasteiger partial charge in [0.05, 0.1) is 17.1 Å². The van der Waals surface area contributed by atoms with Crippen LogP contribution < -0.4 is 5.32 Å². The zero-order valence-electron chi connectivity index (χ0n) is 10.2. The van der Waals surface area contributed by atoms with Crippen molar-refractivity contribution in [3.63, 3.8) is 0 Å². The van der Waals surface area contributed by atoms with Crippen LogP contribution in [0.3, 0.4) is 0 Å². The van der Waals surface area contributed by atoms with Crippen LogP contribution in [-0.2, 0) is 4.79 Å². The monoisotopic (exact) mass is 231 g/mol. The Labute approximate surface area is 100 Å². The van der Waals surface area contributed by atoms with Crippen molar-refractivity contribution in [1.29, 1.82) is 0 Å². The maximum atomic E-state index is 11.2. The number of imidazole rings is 1. The molecule has 2 N–H and O–H groups in total. The Morgan fingerprint density at radius 3 is 2.88 bits per heavy atom. The van der Waals surface area contributed by atoms with E-state index in [1.165, 1.54) is 6.92 Å². The summed E-state index contributed by atoms with van der Waals surface area (Å²) in [6.45, 7) is 3.63. The van der Waals surface area contributed by atoms with Crippen LogP contribution in [0.1, 0.15) is 38.6 Å². The Morgan fingerprint density at radius 2 is 2.24 bits per heavy atom. The van der Waals surface area contributed by atoms with Crippen molar-refractivity contribution in [2.24, 2.45) is 0 Å². The summed E-state index contributed by atoms with van der Waals surface area (Å²) < 4.78 is 0. The lowest BCUT2D eigenvalue weighted by molar-refractivity contribution is -0.119. The van der Waals surface area contributed by atoms with Crippen LogP contribution in [0.2, 0.25) is 0 Å². The minimum atomic E-state index is -0.0242. The molecule has 2 aromatic rings. The van der Waals surface area contributed by atoms with Crippen LogP contribution in [0.4, 0.5) is 0 Å². The van der Waals surface area contributed by atoms with Crippen LogP contribution in [0.15, 0.2) is 24.3 Å². The van der Waals surface area contributed by atoms with E-state index in [2.05, 4.69) is 22.2 Å². The number of carbonyl (C=O) groups is 1. The summed E-state index contributed by atoms with van der Waals surface area (Å²) >= 11 is 0. The maximum absolute atomic E-state index is 11.2. The number of aromatic amines is 1. The molecule has 90 valence electrons. The van der Waals surface area contributed by atoms with Crippen molar-refractivity contribution in [1.82, 2.24) is 15.3 Å². The van der Waals surface area contributed by atoms with Crippen molar-refractivity contribution in [3.8, 4) is 0 Å². The average Bonchev–Trinajstić information content (AvgIpc) is 2.71. The summed E-state index contributed by atoms with van der Waals surface area (Å²) in [6, 6.07) is 7.86. The van der Waals surface area contributed by atoms with Crippen LogP contribution >= 0.6 is 0 Å². The first-order valence-electron chi connectivity index (χ1n) is 5.92. The van der Waals surface area contributed by atoms with Gasteiger partial charge in [0.1, 0.15) is 5.82 Å². The molecule has 1 aromatic carbocycles. The van der Waals surface area contributed by atoms with Gasteiger partial charge in [-0.3, -0.25) is 4.79 Å². The molecule has 0 unspecified atom stereocenters.